The lowest BCUT2D eigenvalue weighted by atomic mass is 9.83. The number of ether oxygens (including phenoxy) is 1. The zero-order chi connectivity index (χ0) is 16.8. The van der Waals surface area contributed by atoms with Gasteiger partial charge in [0.05, 0.1) is 13.2 Å². The fourth-order valence-electron chi connectivity index (χ4n) is 4.53. The number of hydrogen-bond acceptors (Lipinski definition) is 4. The lowest BCUT2D eigenvalue weighted by Gasteiger charge is -2.49. The van der Waals surface area contributed by atoms with Crippen LogP contribution in [0.1, 0.15) is 45.4 Å². The summed E-state index contributed by atoms with van der Waals surface area (Å²) < 4.78 is 5.50. The second kappa shape index (κ2) is 8.50. The van der Waals surface area contributed by atoms with E-state index in [1.807, 2.05) is 4.90 Å². The summed E-state index contributed by atoms with van der Waals surface area (Å²) in [5.41, 5.74) is 0.272. The van der Waals surface area contributed by atoms with Gasteiger partial charge in [-0.3, -0.25) is 4.90 Å². The Morgan fingerprint density at radius 2 is 2.00 bits per heavy atom. The lowest BCUT2D eigenvalue weighted by molar-refractivity contribution is -0.0453. The summed E-state index contributed by atoms with van der Waals surface area (Å²) >= 11 is 0. The summed E-state index contributed by atoms with van der Waals surface area (Å²) in [5, 5.41) is 6.60. The van der Waals surface area contributed by atoms with E-state index in [2.05, 4.69) is 22.5 Å². The van der Waals surface area contributed by atoms with Gasteiger partial charge >= 0.3 is 6.03 Å². The van der Waals surface area contributed by atoms with Crippen molar-refractivity contribution in [3.05, 3.63) is 0 Å². The van der Waals surface area contributed by atoms with Crippen molar-refractivity contribution in [2.24, 2.45) is 0 Å². The highest BCUT2D eigenvalue weighted by molar-refractivity contribution is 5.74. The predicted octanol–water partition coefficient (Wildman–Crippen LogP) is 1.41. The van der Waals surface area contributed by atoms with Crippen LogP contribution in [0.25, 0.3) is 0 Å². The number of carbonyl (C=O) groups excluding carboxylic acids is 1. The van der Waals surface area contributed by atoms with E-state index in [1.165, 1.54) is 12.8 Å². The van der Waals surface area contributed by atoms with Crippen molar-refractivity contribution >= 4 is 6.03 Å². The summed E-state index contributed by atoms with van der Waals surface area (Å²) in [4.78, 5) is 17.0. The van der Waals surface area contributed by atoms with Crippen molar-refractivity contribution in [3.63, 3.8) is 0 Å². The molecule has 0 bridgehead atoms. The molecule has 24 heavy (non-hydrogen) atoms. The SMILES string of the molecule is CCC1(N2CCOCC2)CCN(C(=O)NCC[C@H]2CCCN2)CC1. The van der Waals surface area contributed by atoms with E-state index in [4.69, 9.17) is 4.74 Å². The molecule has 0 saturated carbocycles. The number of nitrogens with one attached hydrogen (secondary N) is 2. The van der Waals surface area contributed by atoms with E-state index in [0.717, 1.165) is 78.2 Å². The van der Waals surface area contributed by atoms with Gasteiger partial charge in [-0.2, -0.15) is 0 Å². The Bertz CT molecular complexity index is 398. The molecule has 0 aromatic rings. The van der Waals surface area contributed by atoms with Gasteiger partial charge in [0, 0.05) is 44.3 Å². The van der Waals surface area contributed by atoms with Crippen molar-refractivity contribution < 1.29 is 9.53 Å². The maximum atomic E-state index is 12.4. The third kappa shape index (κ3) is 4.21. The number of urea groups is 1. The number of piperidine rings is 1. The highest BCUT2D eigenvalue weighted by Gasteiger charge is 2.39. The summed E-state index contributed by atoms with van der Waals surface area (Å²) in [6, 6.07) is 0.723. The summed E-state index contributed by atoms with van der Waals surface area (Å²) in [7, 11) is 0. The van der Waals surface area contributed by atoms with Crippen molar-refractivity contribution in [2.45, 2.75) is 57.0 Å². The molecule has 6 nitrogen and oxygen atoms in total. The molecule has 3 fully saturated rings. The first-order chi connectivity index (χ1) is 11.7. The molecule has 3 saturated heterocycles. The Balaban J connectivity index is 1.42. The van der Waals surface area contributed by atoms with Crippen molar-refractivity contribution in [3.8, 4) is 0 Å². The fourth-order valence-corrected chi connectivity index (χ4v) is 4.53. The van der Waals surface area contributed by atoms with Crippen LogP contribution in [0.3, 0.4) is 0 Å². The van der Waals surface area contributed by atoms with Crippen LogP contribution in [0.15, 0.2) is 0 Å². The Labute approximate surface area is 146 Å². The van der Waals surface area contributed by atoms with E-state index in [-0.39, 0.29) is 11.6 Å². The van der Waals surface area contributed by atoms with Gasteiger partial charge < -0.3 is 20.3 Å². The van der Waals surface area contributed by atoms with E-state index in [9.17, 15) is 4.79 Å². The van der Waals surface area contributed by atoms with Crippen LogP contribution in [-0.4, -0.2) is 79.9 Å². The van der Waals surface area contributed by atoms with Crippen LogP contribution in [0.5, 0.6) is 0 Å². The topological polar surface area (TPSA) is 56.8 Å². The maximum absolute atomic E-state index is 12.4. The number of likely N-dealkylation sites (tertiary alicyclic amines) is 1. The van der Waals surface area contributed by atoms with Gasteiger partial charge in [0.25, 0.3) is 0 Å². The molecular formula is C18H34N4O2. The molecule has 0 aromatic heterocycles. The van der Waals surface area contributed by atoms with Crippen LogP contribution in [0.4, 0.5) is 4.79 Å². The molecular weight excluding hydrogens is 304 g/mol. The number of amides is 2. The molecule has 3 heterocycles. The van der Waals surface area contributed by atoms with E-state index < -0.39 is 0 Å². The summed E-state index contributed by atoms with van der Waals surface area (Å²) in [5.74, 6) is 0. The van der Waals surface area contributed by atoms with Gasteiger partial charge in [-0.15, -0.1) is 0 Å². The van der Waals surface area contributed by atoms with Gasteiger partial charge in [0.2, 0.25) is 0 Å². The van der Waals surface area contributed by atoms with Gasteiger partial charge in [-0.05, 0) is 45.1 Å². The minimum atomic E-state index is 0.125. The van der Waals surface area contributed by atoms with E-state index in [0.29, 0.717) is 6.04 Å². The molecule has 0 spiro atoms. The lowest BCUT2D eigenvalue weighted by Crippen LogP contribution is -2.59. The molecule has 2 N–H and O–H groups in total. The molecule has 138 valence electrons. The Hall–Kier alpha value is -0.850. The first-order valence-electron chi connectivity index (χ1n) is 9.82. The Morgan fingerprint density at radius 3 is 2.62 bits per heavy atom. The smallest absolute Gasteiger partial charge is 0.317 e. The van der Waals surface area contributed by atoms with Crippen LogP contribution in [0.2, 0.25) is 0 Å². The maximum Gasteiger partial charge on any atom is 0.317 e. The standard InChI is InChI=1S/C18H34N4O2/c1-2-18(22-12-14-24-15-13-22)6-10-21(11-7-18)17(23)20-9-5-16-4-3-8-19-16/h16,19H,2-15H2,1H3,(H,20,23)/t16-/m1/s1. The number of nitrogens with zero attached hydrogens (tertiary/aromatic N) is 2. The quantitative estimate of drug-likeness (QED) is 0.796. The first kappa shape index (κ1) is 18.0. The molecule has 0 aliphatic carbocycles. The largest absolute Gasteiger partial charge is 0.379 e. The molecule has 1 atom stereocenters. The third-order valence-electron chi connectivity index (χ3n) is 6.25. The molecule has 0 aromatic carbocycles. The number of morpholine rings is 1. The van der Waals surface area contributed by atoms with Crippen LogP contribution < -0.4 is 10.6 Å². The number of carbonyl (C=O) groups is 1. The van der Waals surface area contributed by atoms with Crippen molar-refractivity contribution in [2.75, 3.05) is 52.5 Å². The van der Waals surface area contributed by atoms with Crippen LogP contribution in [0, 0.1) is 0 Å². The second-order valence-electron chi connectivity index (χ2n) is 7.48. The summed E-state index contributed by atoms with van der Waals surface area (Å²) in [6.07, 6.45) is 6.90. The minimum absolute atomic E-state index is 0.125. The monoisotopic (exact) mass is 338 g/mol. The molecule has 0 radical (unpaired) electrons. The molecule has 0 unspecified atom stereocenters. The van der Waals surface area contributed by atoms with E-state index in [1.54, 1.807) is 0 Å². The van der Waals surface area contributed by atoms with Gasteiger partial charge in [-0.1, -0.05) is 6.92 Å². The van der Waals surface area contributed by atoms with E-state index >= 15 is 0 Å². The number of hydrogen-bond donors (Lipinski definition) is 2. The van der Waals surface area contributed by atoms with Crippen LogP contribution >= 0.6 is 0 Å². The normalized spacial score (nSPS) is 28.0. The summed E-state index contributed by atoms with van der Waals surface area (Å²) in [6.45, 7) is 9.73. The van der Waals surface area contributed by atoms with Crippen molar-refractivity contribution in [1.82, 2.24) is 20.4 Å². The average Bonchev–Trinajstić information content (AvgIpc) is 3.16. The Morgan fingerprint density at radius 1 is 1.25 bits per heavy atom. The third-order valence-corrected chi connectivity index (χ3v) is 6.25. The molecule has 3 rings (SSSR count). The minimum Gasteiger partial charge on any atom is -0.379 e. The number of rotatable bonds is 5. The zero-order valence-electron chi connectivity index (χ0n) is 15.2. The molecule has 6 heteroatoms. The van der Waals surface area contributed by atoms with Crippen LogP contribution in [-0.2, 0) is 4.74 Å². The Kier molecular flexibility index (Phi) is 6.36. The zero-order valence-corrected chi connectivity index (χ0v) is 15.2. The van der Waals surface area contributed by atoms with Gasteiger partial charge in [0.15, 0.2) is 0 Å². The molecule has 3 aliphatic rings. The highest BCUT2D eigenvalue weighted by atomic mass is 16.5. The average molecular weight is 338 g/mol. The highest BCUT2D eigenvalue weighted by Crippen LogP contribution is 2.32. The fraction of sp³-hybridized carbons (Fsp3) is 0.944. The first-order valence-corrected chi connectivity index (χ1v) is 9.82. The molecule has 2 amide bonds. The van der Waals surface area contributed by atoms with Crippen molar-refractivity contribution in [1.29, 1.82) is 0 Å². The van der Waals surface area contributed by atoms with Gasteiger partial charge in [0.1, 0.15) is 0 Å². The second-order valence-corrected chi connectivity index (χ2v) is 7.48. The van der Waals surface area contributed by atoms with Gasteiger partial charge in [-0.25, -0.2) is 4.79 Å². The molecule has 3 aliphatic heterocycles. The predicted molar refractivity (Wildman–Crippen MR) is 95.3 cm³/mol.